The summed E-state index contributed by atoms with van der Waals surface area (Å²) < 4.78 is 10.8. The highest BCUT2D eigenvalue weighted by atomic mass is 16.5. The topological polar surface area (TPSA) is 54.0 Å². The minimum atomic E-state index is -0.254. The van der Waals surface area contributed by atoms with Crippen molar-refractivity contribution in [2.75, 3.05) is 47.0 Å². The summed E-state index contributed by atoms with van der Waals surface area (Å²) in [5.74, 6) is 0. The average Bonchev–Trinajstić information content (AvgIpc) is 2.71. The summed E-state index contributed by atoms with van der Waals surface area (Å²) in [7, 11) is 3.44. The molecule has 2 N–H and O–H groups in total. The molecule has 0 spiro atoms. The van der Waals surface area contributed by atoms with Crippen LogP contribution in [0.5, 0.6) is 0 Å². The number of ether oxygens (including phenoxy) is 2. The number of hydrogen-bond acceptors (Lipinski definition) is 5. The number of rotatable bonds is 7. The van der Waals surface area contributed by atoms with Crippen LogP contribution in [0.15, 0.2) is 0 Å². The third kappa shape index (κ3) is 3.89. The third-order valence-corrected chi connectivity index (χ3v) is 3.42. The van der Waals surface area contributed by atoms with Crippen LogP contribution in [0.2, 0.25) is 0 Å². The number of hydrogen-bond donors (Lipinski definition) is 2. The minimum Gasteiger partial charge on any atom is -0.394 e. The summed E-state index contributed by atoms with van der Waals surface area (Å²) in [5, 5.41) is 12.8. The molecule has 0 amide bonds. The third-order valence-electron chi connectivity index (χ3n) is 3.42. The van der Waals surface area contributed by atoms with E-state index >= 15 is 0 Å². The molecule has 0 aromatic carbocycles. The van der Waals surface area contributed by atoms with E-state index < -0.39 is 0 Å². The Morgan fingerprint density at radius 2 is 1.82 bits per heavy atom. The summed E-state index contributed by atoms with van der Waals surface area (Å²) in [4.78, 5) is 2.28. The van der Waals surface area contributed by atoms with E-state index in [9.17, 15) is 5.11 Å². The number of likely N-dealkylation sites (tertiary alicyclic amines) is 1. The van der Waals surface area contributed by atoms with Crippen LogP contribution in [0.4, 0.5) is 0 Å². The number of likely N-dealkylation sites (N-methyl/N-ethyl adjacent to an activating group) is 1. The summed E-state index contributed by atoms with van der Waals surface area (Å²) in [5.41, 5.74) is -0.254. The zero-order chi connectivity index (χ0) is 12.9. The first-order valence-corrected chi connectivity index (χ1v) is 6.22. The van der Waals surface area contributed by atoms with Gasteiger partial charge in [0, 0.05) is 33.9 Å². The van der Waals surface area contributed by atoms with Crippen LogP contribution in [-0.2, 0) is 9.47 Å². The smallest absolute Gasteiger partial charge is 0.0971 e. The van der Waals surface area contributed by atoms with Crippen LogP contribution in [0.3, 0.4) is 0 Å². The van der Waals surface area contributed by atoms with E-state index in [1.165, 1.54) is 0 Å². The zero-order valence-corrected chi connectivity index (χ0v) is 11.4. The highest BCUT2D eigenvalue weighted by Gasteiger charge is 2.36. The fourth-order valence-corrected chi connectivity index (χ4v) is 2.48. The maximum atomic E-state index is 9.47. The Labute approximate surface area is 104 Å². The Balaban J connectivity index is 2.52. The van der Waals surface area contributed by atoms with Crippen molar-refractivity contribution in [3.05, 3.63) is 0 Å². The SMILES string of the molecule is CCNC(C)(CO)CN1CC(OC)C(OC)C1. The Morgan fingerprint density at radius 3 is 2.18 bits per heavy atom. The van der Waals surface area contributed by atoms with Gasteiger partial charge in [0.05, 0.1) is 24.4 Å². The molecule has 0 saturated carbocycles. The van der Waals surface area contributed by atoms with E-state index in [2.05, 4.69) is 10.2 Å². The lowest BCUT2D eigenvalue weighted by Gasteiger charge is -2.32. The van der Waals surface area contributed by atoms with Crippen LogP contribution >= 0.6 is 0 Å². The lowest BCUT2D eigenvalue weighted by atomic mass is 10.0. The molecular formula is C12H26N2O3. The molecule has 3 unspecified atom stereocenters. The molecule has 1 aliphatic rings. The fourth-order valence-electron chi connectivity index (χ4n) is 2.48. The first-order valence-electron chi connectivity index (χ1n) is 6.22. The van der Waals surface area contributed by atoms with Crippen LogP contribution < -0.4 is 5.32 Å². The summed E-state index contributed by atoms with van der Waals surface area (Å²) in [6.45, 7) is 7.59. The molecular weight excluding hydrogens is 220 g/mol. The second-order valence-corrected chi connectivity index (χ2v) is 4.99. The van der Waals surface area contributed by atoms with Gasteiger partial charge in [-0.1, -0.05) is 6.92 Å². The highest BCUT2D eigenvalue weighted by molar-refractivity contribution is 4.92. The molecule has 1 aliphatic heterocycles. The van der Waals surface area contributed by atoms with Crippen LogP contribution in [0, 0.1) is 0 Å². The molecule has 1 heterocycles. The van der Waals surface area contributed by atoms with E-state index in [0.29, 0.717) is 0 Å². The van der Waals surface area contributed by atoms with E-state index in [1.807, 2.05) is 13.8 Å². The van der Waals surface area contributed by atoms with Gasteiger partial charge in [-0.25, -0.2) is 0 Å². The van der Waals surface area contributed by atoms with Crippen molar-refractivity contribution in [3.63, 3.8) is 0 Å². The van der Waals surface area contributed by atoms with Crippen molar-refractivity contribution in [3.8, 4) is 0 Å². The number of nitrogens with one attached hydrogen (secondary N) is 1. The van der Waals surface area contributed by atoms with Gasteiger partial charge in [-0.2, -0.15) is 0 Å². The van der Waals surface area contributed by atoms with Crippen molar-refractivity contribution in [1.82, 2.24) is 10.2 Å². The first-order chi connectivity index (χ1) is 8.08. The van der Waals surface area contributed by atoms with Gasteiger partial charge in [-0.15, -0.1) is 0 Å². The van der Waals surface area contributed by atoms with Gasteiger partial charge < -0.3 is 19.9 Å². The number of nitrogens with zero attached hydrogens (tertiary/aromatic N) is 1. The molecule has 0 aromatic rings. The van der Waals surface area contributed by atoms with Crippen LogP contribution in [0.25, 0.3) is 0 Å². The van der Waals surface area contributed by atoms with Crippen molar-refractivity contribution in [1.29, 1.82) is 0 Å². The van der Waals surface area contributed by atoms with Crippen molar-refractivity contribution in [2.45, 2.75) is 31.6 Å². The van der Waals surface area contributed by atoms with E-state index in [4.69, 9.17) is 9.47 Å². The molecule has 5 nitrogen and oxygen atoms in total. The second-order valence-electron chi connectivity index (χ2n) is 4.99. The predicted octanol–water partition coefficient (Wildman–Crippen LogP) is -0.307. The normalized spacial score (nSPS) is 29.5. The Hall–Kier alpha value is -0.200. The van der Waals surface area contributed by atoms with Crippen LogP contribution in [-0.4, -0.2) is 74.8 Å². The molecule has 3 atom stereocenters. The Kier molecular flexibility index (Phi) is 5.82. The standard InChI is InChI=1S/C12H26N2O3/c1-5-13-12(2,9-15)8-14-6-10(16-3)11(7-14)17-4/h10-11,13,15H,5-9H2,1-4H3. The largest absolute Gasteiger partial charge is 0.394 e. The van der Waals surface area contributed by atoms with Gasteiger partial charge in [-0.05, 0) is 13.5 Å². The van der Waals surface area contributed by atoms with Crippen molar-refractivity contribution >= 4 is 0 Å². The van der Waals surface area contributed by atoms with Gasteiger partial charge in [0.2, 0.25) is 0 Å². The molecule has 1 fully saturated rings. The van der Waals surface area contributed by atoms with Gasteiger partial charge in [0.1, 0.15) is 0 Å². The summed E-state index contributed by atoms with van der Waals surface area (Å²) >= 11 is 0. The maximum absolute atomic E-state index is 9.47. The predicted molar refractivity (Wildman–Crippen MR) is 67.2 cm³/mol. The van der Waals surface area contributed by atoms with Gasteiger partial charge >= 0.3 is 0 Å². The van der Waals surface area contributed by atoms with Crippen LogP contribution in [0.1, 0.15) is 13.8 Å². The summed E-state index contributed by atoms with van der Waals surface area (Å²) in [6, 6.07) is 0. The monoisotopic (exact) mass is 246 g/mol. The van der Waals surface area contributed by atoms with E-state index in [0.717, 1.165) is 26.2 Å². The number of methoxy groups -OCH3 is 2. The maximum Gasteiger partial charge on any atom is 0.0971 e. The molecule has 0 aromatic heterocycles. The Morgan fingerprint density at radius 1 is 1.29 bits per heavy atom. The number of aliphatic hydroxyl groups is 1. The lowest BCUT2D eigenvalue weighted by Crippen LogP contribution is -2.53. The average molecular weight is 246 g/mol. The lowest BCUT2D eigenvalue weighted by molar-refractivity contribution is -0.00461. The minimum absolute atomic E-state index is 0.129. The summed E-state index contributed by atoms with van der Waals surface area (Å²) in [6.07, 6.45) is 0.258. The molecule has 0 bridgehead atoms. The van der Waals surface area contributed by atoms with E-state index in [1.54, 1.807) is 14.2 Å². The molecule has 0 aliphatic carbocycles. The van der Waals surface area contributed by atoms with Gasteiger partial charge in [-0.3, -0.25) is 4.90 Å². The second kappa shape index (κ2) is 6.66. The zero-order valence-electron chi connectivity index (χ0n) is 11.4. The molecule has 17 heavy (non-hydrogen) atoms. The first kappa shape index (κ1) is 14.9. The highest BCUT2D eigenvalue weighted by Crippen LogP contribution is 2.18. The molecule has 5 heteroatoms. The van der Waals surface area contributed by atoms with Crippen molar-refractivity contribution < 1.29 is 14.6 Å². The Bertz CT molecular complexity index is 216. The fraction of sp³-hybridized carbons (Fsp3) is 1.00. The molecule has 0 radical (unpaired) electrons. The van der Waals surface area contributed by atoms with Crippen molar-refractivity contribution in [2.24, 2.45) is 0 Å². The molecule has 1 rings (SSSR count). The van der Waals surface area contributed by atoms with Gasteiger partial charge in [0.15, 0.2) is 0 Å². The molecule has 102 valence electrons. The molecule has 1 saturated heterocycles. The quantitative estimate of drug-likeness (QED) is 0.645. The van der Waals surface area contributed by atoms with Gasteiger partial charge in [0.25, 0.3) is 0 Å². The number of aliphatic hydroxyl groups excluding tert-OH is 1. The van der Waals surface area contributed by atoms with E-state index in [-0.39, 0.29) is 24.4 Å².